The fraction of sp³-hybridized carbons (Fsp3) is 0.0667. The van der Waals surface area contributed by atoms with Gasteiger partial charge in [-0.2, -0.15) is 0 Å². The predicted molar refractivity (Wildman–Crippen MR) is 94.1 cm³/mol. The van der Waals surface area contributed by atoms with Gasteiger partial charge in [0.25, 0.3) is 11.2 Å². The highest BCUT2D eigenvalue weighted by Gasteiger charge is 2.14. The van der Waals surface area contributed by atoms with Crippen molar-refractivity contribution in [2.75, 3.05) is 0 Å². The van der Waals surface area contributed by atoms with Crippen molar-refractivity contribution in [2.24, 2.45) is 0 Å². The number of halogens is 2. The smallest absolute Gasteiger partial charge is 0.268 e. The van der Waals surface area contributed by atoms with Crippen LogP contribution in [0.25, 0.3) is 16.6 Å². The van der Waals surface area contributed by atoms with Crippen molar-refractivity contribution >= 4 is 48.5 Å². The highest BCUT2D eigenvalue weighted by atomic mass is 79.9. The molecule has 0 fully saturated rings. The Morgan fingerprint density at radius 2 is 1.83 bits per heavy atom. The Kier molecular flexibility index (Phi) is 4.03. The summed E-state index contributed by atoms with van der Waals surface area (Å²) >= 11 is 6.77. The second kappa shape index (κ2) is 5.86. The zero-order valence-electron chi connectivity index (χ0n) is 11.8. The molecule has 0 radical (unpaired) electrons. The number of hydrogen-bond acceptors (Lipinski definition) is 4. The van der Waals surface area contributed by atoms with Gasteiger partial charge in [0.05, 0.1) is 21.5 Å². The minimum Gasteiger partial charge on any atom is -0.268 e. The fourth-order valence-electron chi connectivity index (χ4n) is 2.35. The first-order chi connectivity index (χ1) is 10.9. The summed E-state index contributed by atoms with van der Waals surface area (Å²) < 4.78 is 2.91. The maximum atomic E-state index is 12.8. The molecule has 0 aliphatic heterocycles. The number of nitrogens with zero attached hydrogens (tertiary/aromatic N) is 3. The lowest BCUT2D eigenvalue weighted by Crippen LogP contribution is -2.22. The number of aryl methyl sites for hydroxylation is 1. The third kappa shape index (κ3) is 2.79. The Bertz CT molecular complexity index is 998. The lowest BCUT2D eigenvalue weighted by Gasteiger charge is -2.11. The van der Waals surface area contributed by atoms with Crippen molar-refractivity contribution in [1.82, 2.24) is 9.55 Å². The molecule has 0 unspecified atom stereocenters. The van der Waals surface area contributed by atoms with Crippen LogP contribution < -0.4 is 5.56 Å². The van der Waals surface area contributed by atoms with Crippen LogP contribution in [0.3, 0.4) is 0 Å². The van der Waals surface area contributed by atoms with Crippen LogP contribution in [0.5, 0.6) is 0 Å². The number of rotatable bonds is 2. The second-order valence-electron chi connectivity index (χ2n) is 4.86. The first-order valence-electron chi connectivity index (χ1n) is 6.51. The Morgan fingerprint density at radius 3 is 2.43 bits per heavy atom. The van der Waals surface area contributed by atoms with Crippen LogP contribution in [-0.2, 0) is 0 Å². The summed E-state index contributed by atoms with van der Waals surface area (Å²) in [6.45, 7) is 1.72. The number of hydrogen-bond donors (Lipinski definition) is 0. The number of non-ortho nitro benzene ring substituents is 1. The zero-order valence-corrected chi connectivity index (χ0v) is 15.0. The van der Waals surface area contributed by atoms with Gasteiger partial charge in [-0.25, -0.2) is 4.98 Å². The van der Waals surface area contributed by atoms with E-state index in [1.807, 2.05) is 6.07 Å². The number of aromatic nitrogens is 2. The van der Waals surface area contributed by atoms with Crippen LogP contribution >= 0.6 is 31.9 Å². The van der Waals surface area contributed by atoms with E-state index in [1.165, 1.54) is 28.8 Å². The number of nitro benzene ring substituents is 1. The zero-order chi connectivity index (χ0) is 16.7. The van der Waals surface area contributed by atoms with Crippen LogP contribution in [-0.4, -0.2) is 14.5 Å². The molecule has 3 rings (SSSR count). The molecule has 6 nitrogen and oxygen atoms in total. The van der Waals surface area contributed by atoms with Crippen LogP contribution in [0.15, 0.2) is 50.1 Å². The topological polar surface area (TPSA) is 78.0 Å². The minimum atomic E-state index is -0.480. The average Bonchev–Trinajstić information content (AvgIpc) is 2.49. The molecule has 1 aromatic heterocycles. The van der Waals surface area contributed by atoms with E-state index in [1.54, 1.807) is 13.0 Å². The first-order valence-corrected chi connectivity index (χ1v) is 8.10. The maximum Gasteiger partial charge on any atom is 0.269 e. The largest absolute Gasteiger partial charge is 0.269 e. The van der Waals surface area contributed by atoms with Crippen molar-refractivity contribution in [1.29, 1.82) is 0 Å². The molecule has 116 valence electrons. The van der Waals surface area contributed by atoms with Crippen LogP contribution in [0, 0.1) is 17.0 Å². The van der Waals surface area contributed by atoms with Crippen LogP contribution in [0.4, 0.5) is 5.69 Å². The molecule has 0 aliphatic rings. The van der Waals surface area contributed by atoms with Gasteiger partial charge in [-0.15, -0.1) is 0 Å². The molecule has 0 N–H and O–H groups in total. The van der Waals surface area contributed by atoms with Gasteiger partial charge in [-0.05, 0) is 47.1 Å². The third-order valence-electron chi connectivity index (χ3n) is 3.38. The summed E-state index contributed by atoms with van der Waals surface area (Å²) in [5, 5.41) is 11.2. The van der Waals surface area contributed by atoms with Crippen molar-refractivity contribution in [3.05, 3.63) is 71.6 Å². The Balaban J connectivity index is 2.29. The van der Waals surface area contributed by atoms with E-state index >= 15 is 0 Å². The first kappa shape index (κ1) is 15.8. The van der Waals surface area contributed by atoms with Gasteiger partial charge < -0.3 is 0 Å². The molecule has 0 aliphatic carbocycles. The molecular formula is C15H9Br2N3O3. The molecule has 0 saturated carbocycles. The monoisotopic (exact) mass is 437 g/mol. The molecule has 8 heteroatoms. The number of benzene rings is 2. The molecule has 0 atom stereocenters. The summed E-state index contributed by atoms with van der Waals surface area (Å²) in [6.07, 6.45) is 0. The fourth-order valence-corrected chi connectivity index (χ4v) is 3.66. The molecule has 3 aromatic rings. The van der Waals surface area contributed by atoms with Crippen LogP contribution in [0.1, 0.15) is 5.82 Å². The van der Waals surface area contributed by atoms with Crippen molar-refractivity contribution in [3.63, 3.8) is 0 Å². The molecule has 23 heavy (non-hydrogen) atoms. The van der Waals surface area contributed by atoms with Gasteiger partial charge in [0.15, 0.2) is 0 Å². The van der Waals surface area contributed by atoms with E-state index in [2.05, 4.69) is 36.8 Å². The van der Waals surface area contributed by atoms with E-state index in [9.17, 15) is 14.9 Å². The van der Waals surface area contributed by atoms with E-state index in [4.69, 9.17) is 0 Å². The molecule has 0 bridgehead atoms. The molecule has 0 amide bonds. The van der Waals surface area contributed by atoms with E-state index < -0.39 is 4.92 Å². The molecule has 2 aromatic carbocycles. The summed E-state index contributed by atoms with van der Waals surface area (Å²) in [4.78, 5) is 27.6. The summed E-state index contributed by atoms with van der Waals surface area (Å²) in [6, 6.07) is 9.33. The second-order valence-corrected chi connectivity index (χ2v) is 6.63. The Hall–Kier alpha value is -2.06. The van der Waals surface area contributed by atoms with E-state index in [-0.39, 0.29) is 11.2 Å². The molecule has 0 spiro atoms. The highest BCUT2D eigenvalue weighted by molar-refractivity contribution is 9.11. The molecule has 1 heterocycles. The quantitative estimate of drug-likeness (QED) is 0.445. The van der Waals surface area contributed by atoms with Gasteiger partial charge in [0.2, 0.25) is 0 Å². The molecular weight excluding hydrogens is 430 g/mol. The Morgan fingerprint density at radius 1 is 1.17 bits per heavy atom. The van der Waals surface area contributed by atoms with Gasteiger partial charge in [-0.1, -0.05) is 15.9 Å². The van der Waals surface area contributed by atoms with Crippen molar-refractivity contribution < 1.29 is 4.92 Å². The maximum absolute atomic E-state index is 12.8. The normalized spacial score (nSPS) is 10.9. The lowest BCUT2D eigenvalue weighted by atomic mass is 10.2. The average molecular weight is 439 g/mol. The van der Waals surface area contributed by atoms with Gasteiger partial charge in [-0.3, -0.25) is 19.5 Å². The minimum absolute atomic E-state index is 0.0290. The van der Waals surface area contributed by atoms with Gasteiger partial charge in [0.1, 0.15) is 5.82 Å². The lowest BCUT2D eigenvalue weighted by molar-refractivity contribution is -0.384. The van der Waals surface area contributed by atoms with Crippen molar-refractivity contribution in [3.8, 4) is 5.69 Å². The van der Waals surface area contributed by atoms with E-state index in [0.29, 0.717) is 22.4 Å². The summed E-state index contributed by atoms with van der Waals surface area (Å²) in [5.41, 5.74) is 0.847. The highest BCUT2D eigenvalue weighted by Crippen LogP contribution is 2.26. The molecule has 0 saturated heterocycles. The Labute approximate surface area is 147 Å². The van der Waals surface area contributed by atoms with E-state index in [0.717, 1.165) is 8.95 Å². The number of fused-ring (bicyclic) bond motifs is 1. The third-order valence-corrected chi connectivity index (χ3v) is 4.44. The summed E-state index contributed by atoms with van der Waals surface area (Å²) in [7, 11) is 0. The summed E-state index contributed by atoms with van der Waals surface area (Å²) in [5.74, 6) is 0.499. The predicted octanol–water partition coefficient (Wildman–Crippen LogP) is 4.13. The SMILES string of the molecule is Cc1nc2c(Br)cc(Br)cc2c(=O)n1-c1ccc([N+](=O)[O-])cc1. The van der Waals surface area contributed by atoms with Gasteiger partial charge in [0, 0.05) is 21.1 Å². The van der Waals surface area contributed by atoms with Crippen molar-refractivity contribution in [2.45, 2.75) is 6.92 Å². The number of nitro groups is 1. The standard InChI is InChI=1S/C15H9Br2N3O3/c1-8-18-14-12(6-9(16)7-13(14)17)15(21)19(8)10-2-4-11(5-3-10)20(22)23/h2-7H,1H3. The van der Waals surface area contributed by atoms with Gasteiger partial charge >= 0.3 is 0 Å². The van der Waals surface area contributed by atoms with Crippen LogP contribution in [0.2, 0.25) is 0 Å².